The number of aromatic hydroxyl groups is 2. The molecular formula is C8H5F3O4. The van der Waals surface area contributed by atoms with E-state index in [1.54, 1.807) is 0 Å². The summed E-state index contributed by atoms with van der Waals surface area (Å²) in [6.07, 6.45) is -5.01. The van der Waals surface area contributed by atoms with Crippen molar-refractivity contribution in [3.05, 3.63) is 23.3 Å². The maximum Gasteiger partial charge on any atom is 0.423 e. The lowest BCUT2D eigenvalue weighted by Crippen LogP contribution is -2.08. The maximum atomic E-state index is 12.2. The van der Waals surface area contributed by atoms with Crippen molar-refractivity contribution >= 4 is 5.97 Å². The SMILES string of the molecule is O=C(O)c1ccc(O)c(C(F)(F)F)c1O. The number of carboxylic acids is 1. The Labute approximate surface area is 81.2 Å². The summed E-state index contributed by atoms with van der Waals surface area (Å²) in [5.41, 5.74) is -2.66. The van der Waals surface area contributed by atoms with Crippen molar-refractivity contribution in [2.24, 2.45) is 0 Å². The van der Waals surface area contributed by atoms with Crippen LogP contribution < -0.4 is 0 Å². The Bertz CT molecular complexity index is 411. The van der Waals surface area contributed by atoms with Crippen LogP contribution in [0, 0.1) is 0 Å². The van der Waals surface area contributed by atoms with E-state index >= 15 is 0 Å². The lowest BCUT2D eigenvalue weighted by atomic mass is 10.1. The van der Waals surface area contributed by atoms with Crippen LogP contribution >= 0.6 is 0 Å². The number of hydrogen-bond donors (Lipinski definition) is 3. The van der Waals surface area contributed by atoms with Crippen LogP contribution in [0.15, 0.2) is 12.1 Å². The van der Waals surface area contributed by atoms with Gasteiger partial charge in [0.2, 0.25) is 0 Å². The smallest absolute Gasteiger partial charge is 0.423 e. The van der Waals surface area contributed by atoms with Gasteiger partial charge in [-0.3, -0.25) is 0 Å². The molecule has 0 atom stereocenters. The van der Waals surface area contributed by atoms with Crippen molar-refractivity contribution in [1.29, 1.82) is 0 Å². The molecule has 0 fully saturated rings. The molecule has 1 rings (SSSR count). The van der Waals surface area contributed by atoms with Crippen LogP contribution in [-0.4, -0.2) is 21.3 Å². The quantitative estimate of drug-likeness (QED) is 0.677. The second-order valence-electron chi connectivity index (χ2n) is 2.66. The van der Waals surface area contributed by atoms with E-state index in [1.807, 2.05) is 0 Å². The van der Waals surface area contributed by atoms with Crippen LogP contribution in [0.2, 0.25) is 0 Å². The predicted molar refractivity (Wildman–Crippen MR) is 41.7 cm³/mol. The van der Waals surface area contributed by atoms with E-state index in [4.69, 9.17) is 15.3 Å². The van der Waals surface area contributed by atoms with E-state index in [-0.39, 0.29) is 0 Å². The summed E-state index contributed by atoms with van der Waals surface area (Å²) in [6, 6.07) is 1.24. The molecule has 15 heavy (non-hydrogen) atoms. The van der Waals surface area contributed by atoms with E-state index < -0.39 is 34.8 Å². The molecule has 0 aromatic heterocycles. The molecule has 0 aliphatic heterocycles. The summed E-state index contributed by atoms with van der Waals surface area (Å²) in [7, 11) is 0. The molecule has 0 aliphatic rings. The van der Waals surface area contributed by atoms with E-state index in [9.17, 15) is 18.0 Å². The molecule has 0 heterocycles. The number of carboxylic acid groups (broad SMARTS) is 1. The summed E-state index contributed by atoms with van der Waals surface area (Å²) in [5, 5.41) is 26.3. The van der Waals surface area contributed by atoms with Crippen molar-refractivity contribution in [2.45, 2.75) is 6.18 Å². The normalized spacial score (nSPS) is 11.4. The number of carbonyl (C=O) groups is 1. The van der Waals surface area contributed by atoms with Crippen LogP contribution in [-0.2, 0) is 6.18 Å². The highest BCUT2D eigenvalue weighted by Crippen LogP contribution is 2.43. The fourth-order valence-electron chi connectivity index (χ4n) is 1.03. The van der Waals surface area contributed by atoms with Gasteiger partial charge in [0.25, 0.3) is 0 Å². The lowest BCUT2D eigenvalue weighted by molar-refractivity contribution is -0.140. The number of phenolic OH excluding ortho intramolecular Hbond substituents is 1. The van der Waals surface area contributed by atoms with Gasteiger partial charge in [0.15, 0.2) is 0 Å². The van der Waals surface area contributed by atoms with Gasteiger partial charge in [0.05, 0.1) is 0 Å². The minimum atomic E-state index is -5.01. The van der Waals surface area contributed by atoms with Gasteiger partial charge in [-0.2, -0.15) is 13.2 Å². The molecule has 1 aromatic rings. The monoisotopic (exact) mass is 222 g/mol. The van der Waals surface area contributed by atoms with Gasteiger partial charge in [0.1, 0.15) is 22.6 Å². The summed E-state index contributed by atoms with van der Waals surface area (Å²) < 4.78 is 36.7. The molecule has 4 nitrogen and oxygen atoms in total. The predicted octanol–water partition coefficient (Wildman–Crippen LogP) is 1.81. The molecule has 0 spiro atoms. The zero-order valence-electron chi connectivity index (χ0n) is 7.04. The standard InChI is InChI=1S/C8H5F3O4/c9-8(10,11)5-4(12)2-1-3(6(5)13)7(14)15/h1-2,12-13H,(H,14,15). The van der Waals surface area contributed by atoms with E-state index in [0.717, 1.165) is 0 Å². The van der Waals surface area contributed by atoms with Gasteiger partial charge in [-0.1, -0.05) is 0 Å². The van der Waals surface area contributed by atoms with Gasteiger partial charge in [-0.15, -0.1) is 0 Å². The van der Waals surface area contributed by atoms with Gasteiger partial charge >= 0.3 is 12.1 Å². The summed E-state index contributed by atoms with van der Waals surface area (Å²) in [5.74, 6) is -4.42. The Hall–Kier alpha value is -1.92. The topological polar surface area (TPSA) is 77.8 Å². The summed E-state index contributed by atoms with van der Waals surface area (Å²) in [4.78, 5) is 10.4. The first-order valence-corrected chi connectivity index (χ1v) is 3.60. The third kappa shape index (κ3) is 1.95. The average Bonchev–Trinajstić information content (AvgIpc) is 2.00. The number of phenols is 2. The van der Waals surface area contributed by atoms with E-state index in [1.165, 1.54) is 0 Å². The number of hydrogen-bond acceptors (Lipinski definition) is 3. The first kappa shape index (κ1) is 11.2. The minimum Gasteiger partial charge on any atom is -0.507 e. The Kier molecular flexibility index (Phi) is 2.48. The Morgan fingerprint density at radius 3 is 2.13 bits per heavy atom. The Morgan fingerprint density at radius 2 is 1.73 bits per heavy atom. The number of alkyl halides is 3. The number of aromatic carboxylic acids is 1. The zero-order valence-corrected chi connectivity index (χ0v) is 7.04. The van der Waals surface area contributed by atoms with Crippen molar-refractivity contribution in [2.75, 3.05) is 0 Å². The van der Waals surface area contributed by atoms with Crippen molar-refractivity contribution in [1.82, 2.24) is 0 Å². The fraction of sp³-hybridized carbons (Fsp3) is 0.125. The molecule has 1 aromatic carbocycles. The van der Waals surface area contributed by atoms with Crippen LogP contribution in [0.1, 0.15) is 15.9 Å². The molecule has 0 amide bonds. The molecular weight excluding hydrogens is 217 g/mol. The van der Waals surface area contributed by atoms with Crippen LogP contribution in [0.5, 0.6) is 11.5 Å². The largest absolute Gasteiger partial charge is 0.507 e. The van der Waals surface area contributed by atoms with Gasteiger partial charge in [-0.05, 0) is 12.1 Å². The molecule has 0 saturated carbocycles. The van der Waals surface area contributed by atoms with Crippen molar-refractivity contribution in [3.8, 4) is 11.5 Å². The minimum absolute atomic E-state index is 0.562. The molecule has 0 saturated heterocycles. The Morgan fingerprint density at radius 1 is 1.20 bits per heavy atom. The fourth-order valence-corrected chi connectivity index (χ4v) is 1.03. The summed E-state index contributed by atoms with van der Waals surface area (Å²) >= 11 is 0. The third-order valence-electron chi connectivity index (χ3n) is 1.67. The van der Waals surface area contributed by atoms with Gasteiger partial charge < -0.3 is 15.3 Å². The molecule has 82 valence electrons. The molecule has 7 heteroatoms. The second-order valence-corrected chi connectivity index (χ2v) is 2.66. The summed E-state index contributed by atoms with van der Waals surface area (Å²) in [6.45, 7) is 0. The van der Waals surface area contributed by atoms with Crippen LogP contribution in [0.4, 0.5) is 13.2 Å². The van der Waals surface area contributed by atoms with Crippen molar-refractivity contribution in [3.63, 3.8) is 0 Å². The molecule has 0 unspecified atom stereocenters. The first-order chi connectivity index (χ1) is 6.75. The van der Waals surface area contributed by atoms with Gasteiger partial charge in [0, 0.05) is 0 Å². The number of rotatable bonds is 1. The van der Waals surface area contributed by atoms with Crippen LogP contribution in [0.25, 0.3) is 0 Å². The van der Waals surface area contributed by atoms with Crippen molar-refractivity contribution < 1.29 is 33.3 Å². The molecule has 0 aliphatic carbocycles. The maximum absolute atomic E-state index is 12.2. The number of benzene rings is 1. The van der Waals surface area contributed by atoms with Crippen LogP contribution in [0.3, 0.4) is 0 Å². The average molecular weight is 222 g/mol. The highest BCUT2D eigenvalue weighted by Gasteiger charge is 2.39. The highest BCUT2D eigenvalue weighted by atomic mass is 19.4. The molecule has 3 N–H and O–H groups in total. The van der Waals surface area contributed by atoms with E-state index in [2.05, 4.69) is 0 Å². The zero-order chi connectivity index (χ0) is 11.8. The number of halogens is 3. The first-order valence-electron chi connectivity index (χ1n) is 3.60. The molecule has 0 bridgehead atoms. The Balaban J connectivity index is 3.51. The van der Waals surface area contributed by atoms with Gasteiger partial charge in [-0.25, -0.2) is 4.79 Å². The van der Waals surface area contributed by atoms with E-state index in [0.29, 0.717) is 12.1 Å². The lowest BCUT2D eigenvalue weighted by Gasteiger charge is -2.12. The molecule has 0 radical (unpaired) electrons. The second kappa shape index (κ2) is 3.34. The third-order valence-corrected chi connectivity index (χ3v) is 1.67. The highest BCUT2D eigenvalue weighted by molar-refractivity contribution is 5.91.